The summed E-state index contributed by atoms with van der Waals surface area (Å²) in [5.41, 5.74) is -0.0494. The molecule has 0 heterocycles. The predicted octanol–water partition coefficient (Wildman–Crippen LogP) is 3.25. The van der Waals surface area contributed by atoms with Gasteiger partial charge in [-0.3, -0.25) is 14.9 Å². The molecule has 0 saturated heterocycles. The molecule has 17 heavy (non-hydrogen) atoms. The zero-order chi connectivity index (χ0) is 13.0. The van der Waals surface area contributed by atoms with Crippen molar-refractivity contribution >= 4 is 34.1 Å². The van der Waals surface area contributed by atoms with E-state index >= 15 is 0 Å². The summed E-state index contributed by atoms with van der Waals surface area (Å²) in [6, 6.07) is 2.23. The predicted molar refractivity (Wildman–Crippen MR) is 69.4 cm³/mol. The molecule has 6 heteroatoms. The van der Waals surface area contributed by atoms with Crippen molar-refractivity contribution in [2.45, 2.75) is 26.2 Å². The molecule has 0 atom stereocenters. The number of carbonyl (C=O) groups is 1. The van der Waals surface area contributed by atoms with Crippen LogP contribution >= 0.6 is 22.6 Å². The summed E-state index contributed by atoms with van der Waals surface area (Å²) in [6.07, 6.45) is 0.947. The third-order valence-corrected chi connectivity index (χ3v) is 3.06. The Balaban J connectivity index is 3.08. The molecule has 0 radical (unpaired) electrons. The van der Waals surface area contributed by atoms with Crippen LogP contribution in [-0.2, 0) is 11.2 Å². The minimum atomic E-state index is -0.587. The topological polar surface area (TPSA) is 60.2 Å². The van der Waals surface area contributed by atoms with Crippen LogP contribution in [0.15, 0.2) is 12.1 Å². The summed E-state index contributed by atoms with van der Waals surface area (Å²) in [6.45, 7) is 1.85. The molecule has 92 valence electrons. The molecule has 0 unspecified atom stereocenters. The van der Waals surface area contributed by atoms with Gasteiger partial charge in [0.1, 0.15) is 11.6 Å². The van der Waals surface area contributed by atoms with Crippen molar-refractivity contribution in [3.63, 3.8) is 0 Å². The van der Waals surface area contributed by atoms with Crippen LogP contribution in [0.3, 0.4) is 0 Å². The van der Waals surface area contributed by atoms with Gasteiger partial charge in [-0.15, -0.1) is 0 Å². The van der Waals surface area contributed by atoms with Gasteiger partial charge >= 0.3 is 0 Å². The highest BCUT2D eigenvalue weighted by molar-refractivity contribution is 14.1. The number of ketones is 1. The van der Waals surface area contributed by atoms with Crippen LogP contribution < -0.4 is 0 Å². The highest BCUT2D eigenvalue weighted by Gasteiger charge is 2.19. The number of Topliss-reactive ketones (excluding diaryl/α,β-unsaturated/α-hetero) is 1. The molecular formula is C11H11FINO3. The van der Waals surface area contributed by atoms with Gasteiger partial charge in [-0.2, -0.15) is 0 Å². The van der Waals surface area contributed by atoms with E-state index in [4.69, 9.17) is 0 Å². The molecule has 1 aromatic carbocycles. The average molecular weight is 351 g/mol. The quantitative estimate of drug-likeness (QED) is 0.465. The van der Waals surface area contributed by atoms with Gasteiger partial charge in [0.15, 0.2) is 0 Å². The number of nitro benzene ring substituents is 1. The van der Waals surface area contributed by atoms with Crippen molar-refractivity contribution in [2.24, 2.45) is 0 Å². The molecule has 0 bridgehead atoms. The lowest BCUT2D eigenvalue weighted by molar-refractivity contribution is -0.385. The zero-order valence-electron chi connectivity index (χ0n) is 9.20. The van der Waals surface area contributed by atoms with Gasteiger partial charge in [-0.1, -0.05) is 6.92 Å². The Labute approximate surface area is 111 Å². The summed E-state index contributed by atoms with van der Waals surface area (Å²) in [7, 11) is 0. The van der Waals surface area contributed by atoms with Crippen LogP contribution in [0.2, 0.25) is 0 Å². The lowest BCUT2D eigenvalue weighted by atomic mass is 10.0. The fraction of sp³-hybridized carbons (Fsp3) is 0.364. The zero-order valence-corrected chi connectivity index (χ0v) is 11.4. The molecular weight excluding hydrogens is 340 g/mol. The van der Waals surface area contributed by atoms with E-state index in [0.717, 1.165) is 12.1 Å². The molecule has 0 aliphatic heterocycles. The molecule has 1 aromatic rings. The highest BCUT2D eigenvalue weighted by Crippen LogP contribution is 2.25. The normalized spacial score (nSPS) is 10.3. The smallest absolute Gasteiger partial charge is 0.274 e. The number of benzene rings is 1. The fourth-order valence-electron chi connectivity index (χ4n) is 1.47. The van der Waals surface area contributed by atoms with Gasteiger partial charge in [0, 0.05) is 24.5 Å². The van der Waals surface area contributed by atoms with Crippen molar-refractivity contribution in [1.29, 1.82) is 0 Å². The summed E-state index contributed by atoms with van der Waals surface area (Å²) in [5.74, 6) is -0.647. The first kappa shape index (κ1) is 14.0. The van der Waals surface area contributed by atoms with Crippen LogP contribution in [0.25, 0.3) is 0 Å². The Hall–Kier alpha value is -1.05. The molecule has 4 nitrogen and oxygen atoms in total. The van der Waals surface area contributed by atoms with Gasteiger partial charge in [0.2, 0.25) is 0 Å². The second kappa shape index (κ2) is 6.04. The molecule has 0 N–H and O–H groups in total. The molecule has 0 fully saturated rings. The minimum absolute atomic E-state index is 0.0853. The Morgan fingerprint density at radius 2 is 2.18 bits per heavy atom. The molecule has 0 aromatic heterocycles. The standard InChI is InChI=1S/C11H11FINO3/c1-2-3-8(15)4-7-5-9(12)10(13)6-11(7)14(16)17/h5-6H,2-4H2,1H3. The molecule has 1 rings (SSSR count). The fourth-order valence-corrected chi connectivity index (χ4v) is 1.92. The maximum absolute atomic E-state index is 13.3. The molecule has 0 aliphatic rings. The van der Waals surface area contributed by atoms with Gasteiger partial charge in [-0.05, 0) is 35.1 Å². The Kier molecular flexibility index (Phi) is 4.98. The lowest BCUT2D eigenvalue weighted by Gasteiger charge is -2.03. The number of halogens is 2. The molecule has 0 saturated carbocycles. The number of rotatable bonds is 5. The SMILES string of the molecule is CCCC(=O)Cc1cc(F)c(I)cc1[N+](=O)[O-]. The van der Waals surface area contributed by atoms with Crippen LogP contribution in [0.4, 0.5) is 10.1 Å². The van der Waals surface area contributed by atoms with Crippen LogP contribution in [0.5, 0.6) is 0 Å². The van der Waals surface area contributed by atoms with E-state index < -0.39 is 10.7 Å². The Morgan fingerprint density at radius 3 is 2.71 bits per heavy atom. The lowest BCUT2D eigenvalue weighted by Crippen LogP contribution is -2.06. The average Bonchev–Trinajstić information content (AvgIpc) is 2.23. The largest absolute Gasteiger partial charge is 0.299 e. The first-order chi connectivity index (χ1) is 7.95. The van der Waals surface area contributed by atoms with Crippen molar-refractivity contribution in [1.82, 2.24) is 0 Å². The van der Waals surface area contributed by atoms with Gasteiger partial charge < -0.3 is 0 Å². The molecule has 0 spiro atoms. The first-order valence-corrected chi connectivity index (χ1v) is 6.17. The second-order valence-electron chi connectivity index (χ2n) is 3.62. The van der Waals surface area contributed by atoms with E-state index in [2.05, 4.69) is 0 Å². The first-order valence-electron chi connectivity index (χ1n) is 5.09. The van der Waals surface area contributed by atoms with Crippen molar-refractivity contribution < 1.29 is 14.1 Å². The molecule has 0 aliphatic carbocycles. The van der Waals surface area contributed by atoms with Crippen molar-refractivity contribution in [3.8, 4) is 0 Å². The Morgan fingerprint density at radius 1 is 1.53 bits per heavy atom. The highest BCUT2D eigenvalue weighted by atomic mass is 127. The van der Waals surface area contributed by atoms with Gasteiger partial charge in [0.25, 0.3) is 5.69 Å². The van der Waals surface area contributed by atoms with Gasteiger partial charge in [-0.25, -0.2) is 4.39 Å². The number of hydrogen-bond donors (Lipinski definition) is 0. The van der Waals surface area contributed by atoms with E-state index in [-0.39, 0.29) is 27.0 Å². The summed E-state index contributed by atoms with van der Waals surface area (Å²) >= 11 is 1.69. The summed E-state index contributed by atoms with van der Waals surface area (Å²) in [4.78, 5) is 21.6. The van der Waals surface area contributed by atoms with E-state index in [1.165, 1.54) is 0 Å². The van der Waals surface area contributed by atoms with Crippen molar-refractivity contribution in [3.05, 3.63) is 37.2 Å². The monoisotopic (exact) mass is 351 g/mol. The minimum Gasteiger partial charge on any atom is -0.299 e. The Bertz CT molecular complexity index is 462. The van der Waals surface area contributed by atoms with Crippen LogP contribution in [0.1, 0.15) is 25.3 Å². The number of hydrogen-bond acceptors (Lipinski definition) is 3. The van der Waals surface area contributed by atoms with E-state index in [1.54, 1.807) is 22.6 Å². The number of nitro groups is 1. The van der Waals surface area contributed by atoms with E-state index in [9.17, 15) is 19.3 Å². The number of carbonyl (C=O) groups excluding carboxylic acids is 1. The third kappa shape index (κ3) is 3.72. The third-order valence-electron chi connectivity index (χ3n) is 2.23. The maximum atomic E-state index is 13.3. The van der Waals surface area contributed by atoms with E-state index in [0.29, 0.717) is 12.8 Å². The van der Waals surface area contributed by atoms with Gasteiger partial charge in [0.05, 0.1) is 8.49 Å². The van der Waals surface area contributed by atoms with E-state index in [1.807, 2.05) is 6.92 Å². The summed E-state index contributed by atoms with van der Waals surface area (Å²) < 4.78 is 13.5. The van der Waals surface area contributed by atoms with Crippen molar-refractivity contribution in [2.75, 3.05) is 0 Å². The maximum Gasteiger partial charge on any atom is 0.274 e. The molecule has 0 amide bonds. The second-order valence-corrected chi connectivity index (χ2v) is 4.78. The van der Waals surface area contributed by atoms with Crippen LogP contribution in [0, 0.1) is 19.5 Å². The van der Waals surface area contributed by atoms with Crippen LogP contribution in [-0.4, -0.2) is 10.7 Å². The summed E-state index contributed by atoms with van der Waals surface area (Å²) in [5, 5.41) is 10.8. The number of nitrogens with zero attached hydrogens (tertiary/aromatic N) is 1.